The molecular formula is C14H9F3N2. The van der Waals surface area contributed by atoms with Crippen LogP contribution in [0.1, 0.15) is 5.56 Å². The van der Waals surface area contributed by atoms with Gasteiger partial charge in [-0.05, 0) is 36.4 Å². The van der Waals surface area contributed by atoms with Gasteiger partial charge in [-0.15, -0.1) is 0 Å². The van der Waals surface area contributed by atoms with E-state index >= 15 is 0 Å². The Labute approximate surface area is 108 Å². The Hall–Kier alpha value is -2.48. The first kappa shape index (κ1) is 13.0. The summed E-state index contributed by atoms with van der Waals surface area (Å²) in [6.07, 6.45) is 0. The summed E-state index contributed by atoms with van der Waals surface area (Å²) in [5.74, 6) is -2.71. The highest BCUT2D eigenvalue weighted by molar-refractivity contribution is 5.64. The highest BCUT2D eigenvalue weighted by Crippen LogP contribution is 2.28. The molecule has 0 aromatic heterocycles. The molecule has 0 fully saturated rings. The van der Waals surface area contributed by atoms with E-state index in [9.17, 15) is 13.2 Å². The normalized spacial score (nSPS) is 10.1. The van der Waals surface area contributed by atoms with Gasteiger partial charge in [0.05, 0.1) is 11.3 Å². The molecule has 0 heterocycles. The van der Waals surface area contributed by atoms with Crippen LogP contribution in [0.25, 0.3) is 0 Å². The quantitative estimate of drug-likeness (QED) is 0.824. The van der Waals surface area contributed by atoms with Crippen molar-refractivity contribution in [2.75, 3.05) is 11.9 Å². The monoisotopic (exact) mass is 262 g/mol. The van der Waals surface area contributed by atoms with Crippen LogP contribution in [0.4, 0.5) is 24.5 Å². The van der Waals surface area contributed by atoms with Gasteiger partial charge < -0.3 is 4.90 Å². The first-order valence-corrected chi connectivity index (χ1v) is 5.42. The van der Waals surface area contributed by atoms with E-state index < -0.39 is 17.5 Å². The van der Waals surface area contributed by atoms with Gasteiger partial charge in [-0.1, -0.05) is 0 Å². The highest BCUT2D eigenvalue weighted by Gasteiger charge is 2.16. The average Bonchev–Trinajstić information content (AvgIpc) is 2.42. The van der Waals surface area contributed by atoms with Crippen LogP contribution >= 0.6 is 0 Å². The van der Waals surface area contributed by atoms with Crippen LogP contribution in [0.5, 0.6) is 0 Å². The second-order valence-electron chi connectivity index (χ2n) is 3.91. The van der Waals surface area contributed by atoms with E-state index in [1.807, 2.05) is 0 Å². The van der Waals surface area contributed by atoms with Gasteiger partial charge in [-0.25, -0.2) is 13.2 Å². The number of nitriles is 1. The molecule has 0 unspecified atom stereocenters. The molecule has 5 heteroatoms. The first-order valence-electron chi connectivity index (χ1n) is 5.42. The molecule has 0 N–H and O–H groups in total. The number of nitrogens with zero attached hydrogens (tertiary/aromatic N) is 2. The van der Waals surface area contributed by atoms with Crippen molar-refractivity contribution in [1.82, 2.24) is 0 Å². The molecule has 0 aliphatic carbocycles. The molecule has 0 aliphatic heterocycles. The second kappa shape index (κ2) is 5.02. The third kappa shape index (κ3) is 2.38. The van der Waals surface area contributed by atoms with Crippen LogP contribution in [0.15, 0.2) is 36.4 Å². The molecule has 2 aromatic carbocycles. The Bertz CT molecular complexity index is 645. The van der Waals surface area contributed by atoms with Gasteiger partial charge in [0.2, 0.25) is 0 Å². The smallest absolute Gasteiger partial charge is 0.183 e. The van der Waals surface area contributed by atoms with E-state index in [0.29, 0.717) is 5.69 Å². The van der Waals surface area contributed by atoms with Crippen molar-refractivity contribution in [1.29, 1.82) is 5.26 Å². The standard InChI is InChI=1S/C14H9F3N2/c1-19(11-5-3-10(15)4-6-11)12-7-2-9(8-18)13(16)14(12)17/h2-7H,1H3. The number of halogens is 3. The van der Waals surface area contributed by atoms with Crippen molar-refractivity contribution < 1.29 is 13.2 Å². The maximum atomic E-state index is 13.8. The largest absolute Gasteiger partial charge is 0.342 e. The van der Waals surface area contributed by atoms with Crippen molar-refractivity contribution in [3.63, 3.8) is 0 Å². The first-order chi connectivity index (χ1) is 9.04. The van der Waals surface area contributed by atoms with Crippen molar-refractivity contribution >= 4 is 11.4 Å². The summed E-state index contributed by atoms with van der Waals surface area (Å²) in [4.78, 5) is 1.37. The second-order valence-corrected chi connectivity index (χ2v) is 3.91. The van der Waals surface area contributed by atoms with Crippen molar-refractivity contribution in [2.45, 2.75) is 0 Å². The zero-order chi connectivity index (χ0) is 14.0. The van der Waals surface area contributed by atoms with Crippen molar-refractivity contribution in [3.05, 3.63) is 59.4 Å². The maximum Gasteiger partial charge on any atom is 0.183 e. The number of hydrogen-bond donors (Lipinski definition) is 0. The zero-order valence-corrected chi connectivity index (χ0v) is 9.99. The Morgan fingerprint density at radius 2 is 1.58 bits per heavy atom. The van der Waals surface area contributed by atoms with Gasteiger partial charge in [-0.3, -0.25) is 0 Å². The predicted molar refractivity (Wildman–Crippen MR) is 65.5 cm³/mol. The summed E-state index contributed by atoms with van der Waals surface area (Å²) in [7, 11) is 1.52. The fourth-order valence-corrected chi connectivity index (χ4v) is 1.69. The van der Waals surface area contributed by atoms with Crippen LogP contribution in [-0.2, 0) is 0 Å². The van der Waals surface area contributed by atoms with Gasteiger partial charge in [-0.2, -0.15) is 5.26 Å². The molecule has 0 aliphatic rings. The SMILES string of the molecule is CN(c1ccc(F)cc1)c1ccc(C#N)c(F)c1F. The molecule has 2 nitrogen and oxygen atoms in total. The van der Waals surface area contributed by atoms with Gasteiger partial charge in [0.1, 0.15) is 11.9 Å². The summed E-state index contributed by atoms with van der Waals surface area (Å²) in [5, 5.41) is 8.61. The Balaban J connectivity index is 2.45. The van der Waals surface area contributed by atoms with Gasteiger partial charge in [0.25, 0.3) is 0 Å². The van der Waals surface area contributed by atoms with Crippen molar-refractivity contribution in [3.8, 4) is 6.07 Å². The van der Waals surface area contributed by atoms with Crippen LogP contribution in [0.2, 0.25) is 0 Å². The van der Waals surface area contributed by atoms with Crippen LogP contribution in [0, 0.1) is 28.8 Å². The van der Waals surface area contributed by atoms with Gasteiger partial charge in [0.15, 0.2) is 11.6 Å². The minimum absolute atomic E-state index is 0.0249. The fraction of sp³-hybridized carbons (Fsp3) is 0.0714. The van der Waals surface area contributed by atoms with Gasteiger partial charge in [0, 0.05) is 12.7 Å². The molecule has 19 heavy (non-hydrogen) atoms. The topological polar surface area (TPSA) is 27.0 Å². The molecule has 2 aromatic rings. The van der Waals surface area contributed by atoms with E-state index in [2.05, 4.69) is 0 Å². The summed E-state index contributed by atoms with van der Waals surface area (Å²) in [6.45, 7) is 0. The Morgan fingerprint density at radius 1 is 0.947 bits per heavy atom. The fourth-order valence-electron chi connectivity index (χ4n) is 1.69. The number of hydrogen-bond acceptors (Lipinski definition) is 2. The molecular weight excluding hydrogens is 253 g/mol. The van der Waals surface area contributed by atoms with E-state index in [1.54, 1.807) is 6.07 Å². The molecule has 0 saturated heterocycles. The van der Waals surface area contributed by atoms with Gasteiger partial charge >= 0.3 is 0 Å². The Morgan fingerprint density at radius 3 is 2.16 bits per heavy atom. The Kier molecular flexibility index (Phi) is 3.43. The summed E-state index contributed by atoms with van der Waals surface area (Å²) < 4.78 is 40.1. The highest BCUT2D eigenvalue weighted by atomic mass is 19.2. The summed E-state index contributed by atoms with van der Waals surface area (Å²) in [5.41, 5.74) is 0.126. The molecule has 0 bridgehead atoms. The van der Waals surface area contributed by atoms with E-state index in [-0.39, 0.29) is 11.3 Å². The third-order valence-electron chi connectivity index (χ3n) is 2.76. The maximum absolute atomic E-state index is 13.8. The molecule has 96 valence electrons. The molecule has 2 rings (SSSR count). The van der Waals surface area contributed by atoms with Crippen LogP contribution in [-0.4, -0.2) is 7.05 Å². The number of anilines is 2. The lowest BCUT2D eigenvalue weighted by Crippen LogP contribution is -2.12. The predicted octanol–water partition coefficient (Wildman–Crippen LogP) is 3.74. The molecule has 0 saturated carbocycles. The van der Waals surface area contributed by atoms with Crippen LogP contribution < -0.4 is 4.90 Å². The molecule has 0 amide bonds. The lowest BCUT2D eigenvalue weighted by Gasteiger charge is -2.20. The van der Waals surface area contributed by atoms with E-state index in [0.717, 1.165) is 0 Å². The molecule has 0 spiro atoms. The van der Waals surface area contributed by atoms with Crippen LogP contribution in [0.3, 0.4) is 0 Å². The minimum atomic E-state index is -1.19. The zero-order valence-electron chi connectivity index (χ0n) is 9.99. The summed E-state index contributed by atoms with van der Waals surface area (Å²) in [6, 6.07) is 9.42. The molecule has 0 atom stereocenters. The van der Waals surface area contributed by atoms with E-state index in [1.165, 1.54) is 48.3 Å². The van der Waals surface area contributed by atoms with E-state index in [4.69, 9.17) is 5.26 Å². The number of rotatable bonds is 2. The summed E-state index contributed by atoms with van der Waals surface area (Å²) >= 11 is 0. The van der Waals surface area contributed by atoms with Crippen molar-refractivity contribution in [2.24, 2.45) is 0 Å². The average molecular weight is 262 g/mol. The minimum Gasteiger partial charge on any atom is -0.342 e. The molecule has 0 radical (unpaired) electrons. The number of benzene rings is 2. The lowest BCUT2D eigenvalue weighted by molar-refractivity contribution is 0.507. The third-order valence-corrected chi connectivity index (χ3v) is 2.76. The lowest BCUT2D eigenvalue weighted by atomic mass is 10.1.